The lowest BCUT2D eigenvalue weighted by molar-refractivity contribution is 0.0458. The minimum Gasteiger partial charge on any atom is -0.378 e. The summed E-state index contributed by atoms with van der Waals surface area (Å²) in [6, 6.07) is 3.64. The fraction of sp³-hybridized carbons (Fsp3) is 0.571. The zero-order valence-electron chi connectivity index (χ0n) is 11.1. The van der Waals surface area contributed by atoms with Crippen LogP contribution in [-0.2, 0) is 4.74 Å². The van der Waals surface area contributed by atoms with Gasteiger partial charge in [0.15, 0.2) is 5.78 Å². The van der Waals surface area contributed by atoms with Gasteiger partial charge in [0.2, 0.25) is 0 Å². The Morgan fingerprint density at radius 2 is 2.22 bits per heavy atom. The molecule has 0 unspecified atom stereocenters. The number of aromatic nitrogens is 1. The summed E-state index contributed by atoms with van der Waals surface area (Å²) in [5, 5.41) is 0. The van der Waals surface area contributed by atoms with E-state index in [9.17, 15) is 4.79 Å². The summed E-state index contributed by atoms with van der Waals surface area (Å²) < 4.78 is 5.63. The minimum atomic E-state index is 0.0860. The molecule has 18 heavy (non-hydrogen) atoms. The van der Waals surface area contributed by atoms with E-state index in [1.54, 1.807) is 19.2 Å². The Morgan fingerprint density at radius 3 is 2.83 bits per heavy atom. The number of hydrogen-bond acceptors (Lipinski definition) is 4. The highest BCUT2D eigenvalue weighted by Gasteiger charge is 2.20. The Morgan fingerprint density at radius 1 is 1.50 bits per heavy atom. The SMILES string of the molecule is CCOC1CCN(c2cc(C(C)=O)ccn2)CC1. The molecule has 0 spiro atoms. The molecule has 0 amide bonds. The predicted octanol–water partition coefficient (Wildman–Crippen LogP) is 2.29. The second-order valence-corrected chi connectivity index (χ2v) is 4.60. The van der Waals surface area contributed by atoms with Gasteiger partial charge >= 0.3 is 0 Å². The van der Waals surface area contributed by atoms with Gasteiger partial charge in [0.1, 0.15) is 5.82 Å². The molecule has 0 saturated carbocycles. The average Bonchev–Trinajstić information content (AvgIpc) is 2.40. The molecule has 1 aliphatic heterocycles. The van der Waals surface area contributed by atoms with E-state index in [4.69, 9.17) is 4.74 Å². The first-order valence-electron chi connectivity index (χ1n) is 6.54. The molecular weight excluding hydrogens is 228 g/mol. The Labute approximate surface area is 108 Å². The van der Waals surface area contributed by atoms with Crippen LogP contribution in [-0.4, -0.2) is 36.6 Å². The second-order valence-electron chi connectivity index (χ2n) is 4.60. The molecule has 1 aliphatic rings. The number of ketones is 1. The van der Waals surface area contributed by atoms with Crippen molar-refractivity contribution >= 4 is 11.6 Å². The van der Waals surface area contributed by atoms with E-state index in [0.29, 0.717) is 6.10 Å². The van der Waals surface area contributed by atoms with Gasteiger partial charge < -0.3 is 9.64 Å². The molecule has 4 nitrogen and oxygen atoms in total. The van der Waals surface area contributed by atoms with Gasteiger partial charge in [0.25, 0.3) is 0 Å². The number of hydrogen-bond donors (Lipinski definition) is 0. The van der Waals surface area contributed by atoms with E-state index in [2.05, 4.69) is 9.88 Å². The normalized spacial score (nSPS) is 16.9. The second kappa shape index (κ2) is 5.96. The van der Waals surface area contributed by atoms with Crippen LogP contribution in [0.15, 0.2) is 18.3 Å². The van der Waals surface area contributed by atoms with Crippen LogP contribution >= 0.6 is 0 Å². The molecule has 0 atom stereocenters. The Bertz CT molecular complexity index is 412. The van der Waals surface area contributed by atoms with Crippen LogP contribution in [0.3, 0.4) is 0 Å². The van der Waals surface area contributed by atoms with Crippen LogP contribution < -0.4 is 4.90 Å². The van der Waals surface area contributed by atoms with E-state index in [1.165, 1.54) is 0 Å². The average molecular weight is 248 g/mol. The van der Waals surface area contributed by atoms with Crippen LogP contribution in [0, 0.1) is 0 Å². The first-order chi connectivity index (χ1) is 8.70. The summed E-state index contributed by atoms with van der Waals surface area (Å²) in [7, 11) is 0. The zero-order chi connectivity index (χ0) is 13.0. The number of pyridine rings is 1. The van der Waals surface area contributed by atoms with E-state index in [1.807, 2.05) is 13.0 Å². The van der Waals surface area contributed by atoms with Crippen molar-refractivity contribution < 1.29 is 9.53 Å². The molecule has 98 valence electrons. The third-order valence-electron chi connectivity index (χ3n) is 3.32. The molecule has 0 aliphatic carbocycles. The maximum absolute atomic E-state index is 11.4. The molecule has 2 rings (SSSR count). The summed E-state index contributed by atoms with van der Waals surface area (Å²) in [4.78, 5) is 17.9. The molecule has 1 aromatic rings. The number of Topliss-reactive ketones (excluding diaryl/α,β-unsaturated/α-hetero) is 1. The first-order valence-corrected chi connectivity index (χ1v) is 6.54. The van der Waals surface area contributed by atoms with Crippen molar-refractivity contribution in [2.45, 2.75) is 32.8 Å². The van der Waals surface area contributed by atoms with E-state index in [-0.39, 0.29) is 5.78 Å². The van der Waals surface area contributed by atoms with Gasteiger partial charge in [-0.3, -0.25) is 4.79 Å². The van der Waals surface area contributed by atoms with Gasteiger partial charge in [-0.15, -0.1) is 0 Å². The summed E-state index contributed by atoms with van der Waals surface area (Å²) in [6.07, 6.45) is 4.14. The molecule has 0 aromatic carbocycles. The minimum absolute atomic E-state index is 0.0860. The summed E-state index contributed by atoms with van der Waals surface area (Å²) in [5.41, 5.74) is 0.729. The van der Waals surface area contributed by atoms with Gasteiger partial charge in [-0.25, -0.2) is 4.98 Å². The topological polar surface area (TPSA) is 42.4 Å². The van der Waals surface area contributed by atoms with Crippen molar-refractivity contribution in [1.29, 1.82) is 0 Å². The van der Waals surface area contributed by atoms with Crippen LogP contribution in [0.4, 0.5) is 5.82 Å². The number of nitrogens with zero attached hydrogens (tertiary/aromatic N) is 2. The number of ether oxygens (including phenoxy) is 1. The Kier molecular flexibility index (Phi) is 4.31. The molecule has 1 aromatic heterocycles. The van der Waals surface area contributed by atoms with E-state index < -0.39 is 0 Å². The summed E-state index contributed by atoms with van der Waals surface area (Å²) in [6.45, 7) is 6.28. The zero-order valence-corrected chi connectivity index (χ0v) is 11.1. The van der Waals surface area contributed by atoms with Gasteiger partial charge in [-0.2, -0.15) is 0 Å². The highest BCUT2D eigenvalue weighted by Crippen LogP contribution is 2.20. The van der Waals surface area contributed by atoms with Crippen molar-refractivity contribution in [3.8, 4) is 0 Å². The van der Waals surface area contributed by atoms with Gasteiger partial charge in [0.05, 0.1) is 6.10 Å². The molecule has 1 saturated heterocycles. The third kappa shape index (κ3) is 3.07. The van der Waals surface area contributed by atoms with Crippen LogP contribution in [0.25, 0.3) is 0 Å². The molecular formula is C14H20N2O2. The smallest absolute Gasteiger partial charge is 0.159 e. The molecule has 0 radical (unpaired) electrons. The molecule has 2 heterocycles. The highest BCUT2D eigenvalue weighted by atomic mass is 16.5. The van der Waals surface area contributed by atoms with E-state index in [0.717, 1.165) is 43.9 Å². The highest BCUT2D eigenvalue weighted by molar-refractivity contribution is 5.94. The number of carbonyl (C=O) groups excluding carboxylic acids is 1. The Hall–Kier alpha value is -1.42. The van der Waals surface area contributed by atoms with Crippen molar-refractivity contribution in [3.05, 3.63) is 23.9 Å². The van der Waals surface area contributed by atoms with Gasteiger partial charge in [-0.05, 0) is 38.8 Å². The van der Waals surface area contributed by atoms with Crippen molar-refractivity contribution in [3.63, 3.8) is 0 Å². The van der Waals surface area contributed by atoms with Crippen LogP contribution in [0.5, 0.6) is 0 Å². The maximum Gasteiger partial charge on any atom is 0.159 e. The summed E-state index contributed by atoms with van der Waals surface area (Å²) >= 11 is 0. The fourth-order valence-corrected chi connectivity index (χ4v) is 2.30. The van der Waals surface area contributed by atoms with Crippen LogP contribution in [0.1, 0.15) is 37.0 Å². The predicted molar refractivity (Wildman–Crippen MR) is 71.1 cm³/mol. The number of rotatable bonds is 4. The molecule has 1 fully saturated rings. The third-order valence-corrected chi connectivity index (χ3v) is 3.32. The molecule has 4 heteroatoms. The van der Waals surface area contributed by atoms with Crippen molar-refractivity contribution in [2.24, 2.45) is 0 Å². The maximum atomic E-state index is 11.4. The quantitative estimate of drug-likeness (QED) is 0.767. The van der Waals surface area contributed by atoms with Crippen molar-refractivity contribution in [1.82, 2.24) is 4.98 Å². The lowest BCUT2D eigenvalue weighted by Crippen LogP contribution is -2.37. The van der Waals surface area contributed by atoms with Gasteiger partial charge in [-0.1, -0.05) is 0 Å². The number of anilines is 1. The number of carbonyl (C=O) groups is 1. The van der Waals surface area contributed by atoms with Crippen LogP contribution in [0.2, 0.25) is 0 Å². The first kappa shape index (κ1) is 13.0. The van der Waals surface area contributed by atoms with E-state index >= 15 is 0 Å². The van der Waals surface area contributed by atoms with Crippen molar-refractivity contribution in [2.75, 3.05) is 24.6 Å². The lowest BCUT2D eigenvalue weighted by Gasteiger charge is -2.32. The van der Waals surface area contributed by atoms with Gasteiger partial charge in [0, 0.05) is 31.5 Å². The molecule has 0 bridgehead atoms. The number of piperidine rings is 1. The molecule has 0 N–H and O–H groups in total. The monoisotopic (exact) mass is 248 g/mol. The summed E-state index contributed by atoms with van der Waals surface area (Å²) in [5.74, 6) is 0.987. The fourth-order valence-electron chi connectivity index (χ4n) is 2.30. The Balaban J connectivity index is 2.01. The largest absolute Gasteiger partial charge is 0.378 e. The standard InChI is InChI=1S/C14H20N2O2/c1-3-18-13-5-8-16(9-6-13)14-10-12(11(2)17)4-7-15-14/h4,7,10,13H,3,5-6,8-9H2,1-2H3. The lowest BCUT2D eigenvalue weighted by atomic mass is 10.1.